The topological polar surface area (TPSA) is 123 Å². The summed E-state index contributed by atoms with van der Waals surface area (Å²) in [7, 11) is -2.22. The van der Waals surface area contributed by atoms with Crippen molar-refractivity contribution in [3.63, 3.8) is 0 Å². The number of carbonyl (C=O) groups is 3. The van der Waals surface area contributed by atoms with E-state index >= 15 is 0 Å². The maximum absolute atomic E-state index is 12.8. The fourth-order valence-corrected chi connectivity index (χ4v) is 5.55. The summed E-state index contributed by atoms with van der Waals surface area (Å²) in [5.74, 6) is -0.749. The number of nitrogens with zero attached hydrogens (tertiary/aromatic N) is 3. The second-order valence-corrected chi connectivity index (χ2v) is 9.96. The Morgan fingerprint density at radius 2 is 1.83 bits per heavy atom. The first-order valence-corrected chi connectivity index (χ1v) is 11.8. The molecular weight excluding hydrogens is 428 g/mol. The number of thiophene rings is 1. The molecule has 0 saturated carbocycles. The lowest BCUT2D eigenvalue weighted by molar-refractivity contribution is -0.132. The number of primary amides is 1. The third kappa shape index (κ3) is 4.79. The number of piperazine rings is 1. The molecule has 0 radical (unpaired) electrons. The molecule has 1 aliphatic rings. The molecule has 162 valence electrons. The number of nitrogens with two attached hydrogens (primary N) is 1. The molecule has 0 atom stereocenters. The Kier molecular flexibility index (Phi) is 6.74. The van der Waals surface area contributed by atoms with Gasteiger partial charge < -0.3 is 15.2 Å². The van der Waals surface area contributed by atoms with Crippen LogP contribution in [-0.2, 0) is 21.9 Å². The maximum Gasteiger partial charge on any atom is 0.265 e. The van der Waals surface area contributed by atoms with Crippen LogP contribution in [0.1, 0.15) is 39.4 Å². The zero-order chi connectivity index (χ0) is 21.9. The van der Waals surface area contributed by atoms with Crippen LogP contribution in [0, 0.1) is 0 Å². The van der Waals surface area contributed by atoms with E-state index in [0.29, 0.717) is 17.7 Å². The first-order chi connectivity index (χ1) is 14.2. The summed E-state index contributed by atoms with van der Waals surface area (Å²) >= 11 is 1.39. The van der Waals surface area contributed by atoms with E-state index in [2.05, 4.69) is 0 Å². The number of hydrogen-bond acceptors (Lipinski definition) is 6. The Balaban J connectivity index is 1.51. The first-order valence-electron chi connectivity index (χ1n) is 9.51. The molecule has 30 heavy (non-hydrogen) atoms. The van der Waals surface area contributed by atoms with Crippen molar-refractivity contribution in [3.8, 4) is 0 Å². The second kappa shape index (κ2) is 9.11. The van der Waals surface area contributed by atoms with Crippen molar-refractivity contribution in [2.24, 2.45) is 12.8 Å². The summed E-state index contributed by atoms with van der Waals surface area (Å²) in [6.45, 7) is 0.908. The van der Waals surface area contributed by atoms with Gasteiger partial charge >= 0.3 is 0 Å². The monoisotopic (exact) mass is 452 g/mol. The summed E-state index contributed by atoms with van der Waals surface area (Å²) < 4.78 is 28.3. The molecule has 3 rings (SSSR count). The van der Waals surface area contributed by atoms with Gasteiger partial charge in [0.05, 0.1) is 4.88 Å². The molecule has 2 aromatic rings. The summed E-state index contributed by atoms with van der Waals surface area (Å²) in [6.07, 6.45) is 2.40. The van der Waals surface area contributed by atoms with E-state index in [1.165, 1.54) is 32.5 Å². The third-order valence-electron chi connectivity index (χ3n) is 5.05. The fourth-order valence-electron chi connectivity index (χ4n) is 3.37. The van der Waals surface area contributed by atoms with Gasteiger partial charge in [-0.3, -0.25) is 14.4 Å². The van der Waals surface area contributed by atoms with E-state index in [0.717, 1.165) is 0 Å². The van der Waals surface area contributed by atoms with Gasteiger partial charge in [-0.1, -0.05) is 6.07 Å². The van der Waals surface area contributed by atoms with E-state index in [-0.39, 0.29) is 54.9 Å². The van der Waals surface area contributed by atoms with Crippen molar-refractivity contribution in [1.82, 2.24) is 13.8 Å². The van der Waals surface area contributed by atoms with E-state index in [4.69, 9.17) is 5.73 Å². The van der Waals surface area contributed by atoms with Gasteiger partial charge in [0.2, 0.25) is 15.9 Å². The summed E-state index contributed by atoms with van der Waals surface area (Å²) in [4.78, 5) is 38.1. The highest BCUT2D eigenvalue weighted by Gasteiger charge is 2.31. The highest BCUT2D eigenvalue weighted by molar-refractivity contribution is 7.89. The van der Waals surface area contributed by atoms with Gasteiger partial charge in [-0.2, -0.15) is 4.31 Å². The van der Waals surface area contributed by atoms with Crippen molar-refractivity contribution in [2.45, 2.75) is 24.2 Å². The van der Waals surface area contributed by atoms with Crippen LogP contribution in [0.15, 0.2) is 34.7 Å². The molecule has 1 saturated heterocycles. The molecule has 0 bridgehead atoms. The van der Waals surface area contributed by atoms with Crippen LogP contribution in [-0.4, -0.2) is 66.0 Å². The normalized spacial score (nSPS) is 15.3. The molecule has 2 N–H and O–H groups in total. The lowest BCUT2D eigenvalue weighted by Crippen LogP contribution is -2.50. The number of rotatable bonds is 8. The zero-order valence-corrected chi connectivity index (χ0v) is 18.2. The lowest BCUT2D eigenvalue weighted by Gasteiger charge is -2.33. The Morgan fingerprint density at radius 3 is 2.40 bits per heavy atom. The van der Waals surface area contributed by atoms with E-state index < -0.39 is 15.9 Å². The molecule has 0 unspecified atom stereocenters. The van der Waals surface area contributed by atoms with Crippen LogP contribution in [0.2, 0.25) is 0 Å². The van der Waals surface area contributed by atoms with Crippen LogP contribution >= 0.6 is 11.3 Å². The number of carbonyl (C=O) groups excluding carboxylic acids is 3. The second-order valence-electron chi connectivity index (χ2n) is 7.08. The van der Waals surface area contributed by atoms with Crippen LogP contribution in [0.25, 0.3) is 0 Å². The average molecular weight is 453 g/mol. The molecule has 2 amide bonds. The number of aromatic nitrogens is 1. The molecule has 9 nitrogen and oxygen atoms in total. The molecule has 0 spiro atoms. The van der Waals surface area contributed by atoms with E-state index in [1.54, 1.807) is 18.0 Å². The van der Waals surface area contributed by atoms with Crippen molar-refractivity contribution in [3.05, 3.63) is 40.3 Å². The summed E-state index contributed by atoms with van der Waals surface area (Å²) in [5.41, 5.74) is 5.36. The lowest BCUT2D eigenvalue weighted by atomic mass is 10.1. The van der Waals surface area contributed by atoms with Crippen molar-refractivity contribution in [1.29, 1.82) is 0 Å². The average Bonchev–Trinajstić information content (AvgIpc) is 3.38. The Hall–Kier alpha value is -2.50. The predicted octanol–water partition coefficient (Wildman–Crippen LogP) is 1.07. The third-order valence-corrected chi connectivity index (χ3v) is 7.83. The Labute approximate surface area is 179 Å². The minimum atomic E-state index is -3.78. The maximum atomic E-state index is 12.8. The SMILES string of the molecule is Cn1cc(S(=O)(=O)N2CCN(C(=O)CCCC(=O)c3cccs3)CC2)cc1C(N)=O. The largest absolute Gasteiger partial charge is 0.364 e. The van der Waals surface area contributed by atoms with Gasteiger partial charge in [-0.05, 0) is 23.9 Å². The highest BCUT2D eigenvalue weighted by Crippen LogP contribution is 2.20. The van der Waals surface area contributed by atoms with Gasteiger partial charge in [0.1, 0.15) is 10.6 Å². The van der Waals surface area contributed by atoms with Gasteiger partial charge in [0.25, 0.3) is 5.91 Å². The number of hydrogen-bond donors (Lipinski definition) is 1. The quantitative estimate of drug-likeness (QED) is 0.600. The van der Waals surface area contributed by atoms with Crippen LogP contribution < -0.4 is 5.73 Å². The fraction of sp³-hybridized carbons (Fsp3) is 0.421. The molecule has 1 aliphatic heterocycles. The molecular formula is C19H24N4O5S2. The molecule has 2 aromatic heterocycles. The van der Waals surface area contributed by atoms with Crippen LogP contribution in [0.5, 0.6) is 0 Å². The van der Waals surface area contributed by atoms with Gasteiger partial charge in [0, 0.05) is 52.3 Å². The number of sulfonamides is 1. The van der Waals surface area contributed by atoms with Gasteiger partial charge in [-0.15, -0.1) is 11.3 Å². The van der Waals surface area contributed by atoms with Crippen molar-refractivity contribution < 1.29 is 22.8 Å². The van der Waals surface area contributed by atoms with Crippen LogP contribution in [0.3, 0.4) is 0 Å². The zero-order valence-electron chi connectivity index (χ0n) is 16.6. The van der Waals surface area contributed by atoms with E-state index in [1.807, 2.05) is 11.4 Å². The number of aryl methyl sites for hydroxylation is 1. The summed E-state index contributed by atoms with van der Waals surface area (Å²) in [6, 6.07) is 4.86. The smallest absolute Gasteiger partial charge is 0.265 e. The number of ketones is 1. The highest BCUT2D eigenvalue weighted by atomic mass is 32.2. The molecule has 3 heterocycles. The minimum Gasteiger partial charge on any atom is -0.364 e. The predicted molar refractivity (Wildman–Crippen MR) is 112 cm³/mol. The molecule has 1 fully saturated rings. The number of Topliss-reactive ketones (excluding diaryl/α,β-unsaturated/α-hetero) is 1. The summed E-state index contributed by atoms with van der Waals surface area (Å²) in [5, 5.41) is 1.84. The van der Waals surface area contributed by atoms with Gasteiger partial charge in [0.15, 0.2) is 5.78 Å². The molecule has 11 heteroatoms. The minimum absolute atomic E-state index is 0.00525. The first kappa shape index (κ1) is 22.2. The van der Waals surface area contributed by atoms with E-state index in [9.17, 15) is 22.8 Å². The number of amides is 2. The van der Waals surface area contributed by atoms with Gasteiger partial charge in [-0.25, -0.2) is 8.42 Å². The Morgan fingerprint density at radius 1 is 1.13 bits per heavy atom. The molecule has 0 aliphatic carbocycles. The Bertz CT molecular complexity index is 1040. The molecule has 0 aromatic carbocycles. The van der Waals surface area contributed by atoms with Crippen LogP contribution in [0.4, 0.5) is 0 Å². The van der Waals surface area contributed by atoms with Crippen molar-refractivity contribution in [2.75, 3.05) is 26.2 Å². The standard InChI is InChI=1S/C19H24N4O5S2/c1-21-13-14(12-15(21)19(20)26)30(27,28)23-9-7-22(8-10-23)18(25)6-2-4-16(24)17-5-3-11-29-17/h3,5,11-13H,2,4,6-10H2,1H3,(H2,20,26). The van der Waals surface area contributed by atoms with Crippen molar-refractivity contribution >= 4 is 39.0 Å².